The second-order valence-electron chi connectivity index (χ2n) is 6.52. The van der Waals surface area contributed by atoms with E-state index in [-0.39, 0.29) is 6.54 Å². The second-order valence-corrected chi connectivity index (χ2v) is 6.52. The van der Waals surface area contributed by atoms with Crippen LogP contribution in [-0.2, 0) is 17.9 Å². The van der Waals surface area contributed by atoms with Crippen LogP contribution in [0.2, 0.25) is 0 Å². The Balaban J connectivity index is 1.54. The van der Waals surface area contributed by atoms with Crippen LogP contribution in [0.3, 0.4) is 0 Å². The van der Waals surface area contributed by atoms with Crippen molar-refractivity contribution in [2.24, 2.45) is 4.99 Å². The Labute approximate surface area is 177 Å². The van der Waals surface area contributed by atoms with Crippen molar-refractivity contribution >= 4 is 17.6 Å². The summed E-state index contributed by atoms with van der Waals surface area (Å²) in [6.45, 7) is 0.794. The lowest BCUT2D eigenvalue weighted by Gasteiger charge is -2.14. The van der Waals surface area contributed by atoms with E-state index >= 15 is 0 Å². The number of rotatable bonds is 7. The van der Waals surface area contributed by atoms with Crippen molar-refractivity contribution in [1.82, 2.24) is 20.4 Å². The molecule has 7 nitrogen and oxygen atoms in total. The quantitative estimate of drug-likeness (QED) is 0.306. The van der Waals surface area contributed by atoms with Crippen molar-refractivity contribution in [3.05, 3.63) is 83.4 Å². The molecule has 31 heavy (non-hydrogen) atoms. The summed E-state index contributed by atoms with van der Waals surface area (Å²) < 4.78 is 41.7. The van der Waals surface area contributed by atoms with Gasteiger partial charge in [-0.3, -0.25) is 14.5 Å². The molecule has 0 radical (unpaired) electrons. The van der Waals surface area contributed by atoms with Gasteiger partial charge in [0.15, 0.2) is 23.4 Å². The molecule has 0 unspecified atom stereocenters. The van der Waals surface area contributed by atoms with Gasteiger partial charge in [0.25, 0.3) is 0 Å². The standard InChI is InChI=1S/C21H21F3N6O/c1-25-21(27-12-18(31)29-17-8-7-16(22)19(23)20(17)24)26-11-14-5-2-3-6-15(14)13-30-10-4-9-28-30/h2-10H,11-13H2,1H3,(H,29,31)(H2,25,26,27). The zero-order valence-electron chi connectivity index (χ0n) is 16.7. The number of benzene rings is 2. The molecule has 0 spiro atoms. The van der Waals surface area contributed by atoms with Gasteiger partial charge in [0.2, 0.25) is 5.91 Å². The number of anilines is 1. The third-order valence-electron chi connectivity index (χ3n) is 4.41. The van der Waals surface area contributed by atoms with Gasteiger partial charge in [-0.25, -0.2) is 13.2 Å². The van der Waals surface area contributed by atoms with Crippen molar-refractivity contribution in [1.29, 1.82) is 0 Å². The Morgan fingerprint density at radius 3 is 2.52 bits per heavy atom. The molecule has 0 saturated heterocycles. The molecule has 0 bridgehead atoms. The highest BCUT2D eigenvalue weighted by molar-refractivity contribution is 5.95. The molecule has 0 aliphatic rings. The summed E-state index contributed by atoms with van der Waals surface area (Å²) in [4.78, 5) is 16.1. The van der Waals surface area contributed by atoms with E-state index in [1.807, 2.05) is 41.2 Å². The highest BCUT2D eigenvalue weighted by Gasteiger charge is 2.15. The summed E-state index contributed by atoms with van der Waals surface area (Å²) in [5.74, 6) is -4.73. The maximum atomic E-state index is 13.7. The number of carbonyl (C=O) groups excluding carboxylic acids is 1. The fourth-order valence-electron chi connectivity index (χ4n) is 2.83. The Bertz CT molecular complexity index is 1070. The molecule has 1 amide bonds. The topological polar surface area (TPSA) is 83.3 Å². The number of carbonyl (C=O) groups is 1. The summed E-state index contributed by atoms with van der Waals surface area (Å²) in [6.07, 6.45) is 3.59. The molecule has 1 heterocycles. The maximum absolute atomic E-state index is 13.7. The molecule has 10 heteroatoms. The number of aliphatic imine (C=N–C) groups is 1. The molecular formula is C21H21F3N6O. The second kappa shape index (κ2) is 10.3. The smallest absolute Gasteiger partial charge is 0.243 e. The molecule has 0 fully saturated rings. The third kappa shape index (κ3) is 5.84. The fourth-order valence-corrected chi connectivity index (χ4v) is 2.83. The van der Waals surface area contributed by atoms with Gasteiger partial charge in [-0.05, 0) is 29.3 Å². The average molecular weight is 430 g/mol. The number of amides is 1. The van der Waals surface area contributed by atoms with Crippen LogP contribution in [0.15, 0.2) is 59.9 Å². The summed E-state index contributed by atoms with van der Waals surface area (Å²) >= 11 is 0. The predicted octanol–water partition coefficient (Wildman–Crippen LogP) is 2.65. The van der Waals surface area contributed by atoms with Gasteiger partial charge in [0.05, 0.1) is 18.8 Å². The Morgan fingerprint density at radius 1 is 1.03 bits per heavy atom. The minimum absolute atomic E-state index is 0.257. The summed E-state index contributed by atoms with van der Waals surface area (Å²) in [6, 6.07) is 11.4. The zero-order valence-corrected chi connectivity index (χ0v) is 16.7. The largest absolute Gasteiger partial charge is 0.352 e. The van der Waals surface area contributed by atoms with E-state index < -0.39 is 29.0 Å². The van der Waals surface area contributed by atoms with E-state index in [2.05, 4.69) is 26.0 Å². The summed E-state index contributed by atoms with van der Waals surface area (Å²) in [5.41, 5.74) is 1.65. The Hall–Kier alpha value is -3.82. The van der Waals surface area contributed by atoms with E-state index in [1.165, 1.54) is 7.05 Å². The first-order valence-corrected chi connectivity index (χ1v) is 9.40. The molecule has 0 aliphatic heterocycles. The lowest BCUT2D eigenvalue weighted by Crippen LogP contribution is -2.41. The molecule has 1 aromatic heterocycles. The normalized spacial score (nSPS) is 11.3. The Morgan fingerprint density at radius 2 is 1.81 bits per heavy atom. The molecule has 3 rings (SSSR count). The first-order chi connectivity index (χ1) is 15.0. The third-order valence-corrected chi connectivity index (χ3v) is 4.41. The molecular weight excluding hydrogens is 409 g/mol. The van der Waals surface area contributed by atoms with Gasteiger partial charge >= 0.3 is 0 Å². The van der Waals surface area contributed by atoms with Gasteiger partial charge < -0.3 is 16.0 Å². The van der Waals surface area contributed by atoms with Gasteiger partial charge in [0, 0.05) is 26.0 Å². The number of hydrogen-bond acceptors (Lipinski definition) is 3. The van der Waals surface area contributed by atoms with Gasteiger partial charge in [-0.15, -0.1) is 0 Å². The number of halogens is 3. The molecule has 3 aromatic rings. The highest BCUT2D eigenvalue weighted by atomic mass is 19.2. The number of nitrogens with zero attached hydrogens (tertiary/aromatic N) is 3. The SMILES string of the molecule is CN=C(NCC(=O)Nc1ccc(F)c(F)c1F)NCc1ccccc1Cn1cccn1. The van der Waals surface area contributed by atoms with Crippen LogP contribution in [0.4, 0.5) is 18.9 Å². The first kappa shape index (κ1) is 21.9. The van der Waals surface area contributed by atoms with Crippen LogP contribution < -0.4 is 16.0 Å². The van der Waals surface area contributed by atoms with E-state index in [0.717, 1.165) is 23.3 Å². The van der Waals surface area contributed by atoms with Crippen molar-refractivity contribution in [2.45, 2.75) is 13.1 Å². The predicted molar refractivity (Wildman–Crippen MR) is 111 cm³/mol. The number of nitrogens with one attached hydrogen (secondary N) is 3. The van der Waals surface area contributed by atoms with Crippen LogP contribution in [0.25, 0.3) is 0 Å². The fraction of sp³-hybridized carbons (Fsp3) is 0.190. The highest BCUT2D eigenvalue weighted by Crippen LogP contribution is 2.19. The van der Waals surface area contributed by atoms with Crippen molar-refractivity contribution in [3.63, 3.8) is 0 Å². The molecule has 0 aliphatic carbocycles. The van der Waals surface area contributed by atoms with Crippen LogP contribution in [0.5, 0.6) is 0 Å². The lowest BCUT2D eigenvalue weighted by atomic mass is 10.1. The maximum Gasteiger partial charge on any atom is 0.243 e. The minimum atomic E-state index is -1.64. The monoisotopic (exact) mass is 430 g/mol. The summed E-state index contributed by atoms with van der Waals surface area (Å²) in [5, 5.41) is 12.3. The summed E-state index contributed by atoms with van der Waals surface area (Å²) in [7, 11) is 1.54. The first-order valence-electron chi connectivity index (χ1n) is 9.40. The molecule has 0 saturated carbocycles. The number of hydrogen-bond donors (Lipinski definition) is 3. The van der Waals surface area contributed by atoms with E-state index in [4.69, 9.17) is 0 Å². The van der Waals surface area contributed by atoms with Crippen LogP contribution in [0.1, 0.15) is 11.1 Å². The van der Waals surface area contributed by atoms with Crippen molar-refractivity contribution < 1.29 is 18.0 Å². The molecule has 162 valence electrons. The molecule has 3 N–H and O–H groups in total. The lowest BCUT2D eigenvalue weighted by molar-refractivity contribution is -0.115. The molecule has 0 atom stereocenters. The van der Waals surface area contributed by atoms with Crippen molar-refractivity contribution in [3.8, 4) is 0 Å². The number of aromatic nitrogens is 2. The van der Waals surface area contributed by atoms with Crippen molar-refractivity contribution in [2.75, 3.05) is 18.9 Å². The zero-order chi connectivity index (χ0) is 22.2. The van der Waals surface area contributed by atoms with E-state index in [9.17, 15) is 18.0 Å². The minimum Gasteiger partial charge on any atom is -0.352 e. The van der Waals surface area contributed by atoms with Crippen LogP contribution >= 0.6 is 0 Å². The Kier molecular flexibility index (Phi) is 7.26. The van der Waals surface area contributed by atoms with E-state index in [0.29, 0.717) is 19.0 Å². The van der Waals surface area contributed by atoms with Crippen LogP contribution in [-0.4, -0.2) is 35.2 Å². The van der Waals surface area contributed by atoms with Gasteiger partial charge in [0.1, 0.15) is 0 Å². The van der Waals surface area contributed by atoms with Gasteiger partial charge in [-0.1, -0.05) is 24.3 Å². The van der Waals surface area contributed by atoms with Crippen LogP contribution in [0, 0.1) is 17.5 Å². The van der Waals surface area contributed by atoms with Gasteiger partial charge in [-0.2, -0.15) is 5.10 Å². The number of guanidine groups is 1. The average Bonchev–Trinajstić information content (AvgIpc) is 3.28. The molecule has 2 aromatic carbocycles. The van der Waals surface area contributed by atoms with E-state index in [1.54, 1.807) is 6.20 Å².